The molecule has 1 aliphatic heterocycles. The predicted molar refractivity (Wildman–Crippen MR) is 68.5 cm³/mol. The maximum Gasteiger partial charge on any atom is 0.240 e. The SMILES string of the molecule is CN1CCCN(c2ccc(N=C=O)cc2F)CC1. The summed E-state index contributed by atoms with van der Waals surface area (Å²) in [5.41, 5.74) is 0.883. The first-order valence-corrected chi connectivity index (χ1v) is 6.01. The number of likely N-dealkylation sites (N-methyl/N-ethyl adjacent to an activating group) is 1. The van der Waals surface area contributed by atoms with Gasteiger partial charge in [-0.3, -0.25) is 0 Å². The normalized spacial score (nSPS) is 17.1. The number of rotatable bonds is 2. The van der Waals surface area contributed by atoms with Crippen LogP contribution in [0.25, 0.3) is 0 Å². The van der Waals surface area contributed by atoms with Gasteiger partial charge in [0.2, 0.25) is 6.08 Å². The van der Waals surface area contributed by atoms with Crippen molar-refractivity contribution in [3.63, 3.8) is 0 Å². The number of isocyanates is 1. The molecule has 96 valence electrons. The molecule has 0 aromatic heterocycles. The van der Waals surface area contributed by atoms with Crippen LogP contribution in [-0.2, 0) is 4.79 Å². The number of aliphatic imine (C=N–C) groups is 1. The number of nitrogens with zero attached hydrogens (tertiary/aromatic N) is 3. The lowest BCUT2D eigenvalue weighted by Crippen LogP contribution is -2.29. The predicted octanol–water partition coefficient (Wildman–Crippen LogP) is 1.93. The highest BCUT2D eigenvalue weighted by Gasteiger charge is 2.15. The zero-order valence-corrected chi connectivity index (χ0v) is 10.4. The van der Waals surface area contributed by atoms with Crippen LogP contribution in [0.5, 0.6) is 0 Å². The Morgan fingerprint density at radius 2 is 2.11 bits per heavy atom. The molecule has 0 N–H and O–H groups in total. The van der Waals surface area contributed by atoms with E-state index in [1.165, 1.54) is 12.1 Å². The number of hydrogen-bond acceptors (Lipinski definition) is 4. The summed E-state index contributed by atoms with van der Waals surface area (Å²) in [6.45, 7) is 3.61. The Balaban J connectivity index is 2.19. The van der Waals surface area contributed by atoms with Crippen molar-refractivity contribution in [1.82, 2.24) is 4.90 Å². The third-order valence-electron chi connectivity index (χ3n) is 3.17. The molecule has 0 radical (unpaired) electrons. The Morgan fingerprint density at radius 3 is 2.83 bits per heavy atom. The van der Waals surface area contributed by atoms with Crippen molar-refractivity contribution >= 4 is 17.5 Å². The maximum atomic E-state index is 13.9. The second-order valence-corrected chi connectivity index (χ2v) is 4.48. The summed E-state index contributed by atoms with van der Waals surface area (Å²) >= 11 is 0. The Morgan fingerprint density at radius 1 is 1.28 bits per heavy atom. The molecule has 1 aliphatic rings. The quantitative estimate of drug-likeness (QED) is 0.593. The van der Waals surface area contributed by atoms with Crippen molar-refractivity contribution in [3.05, 3.63) is 24.0 Å². The van der Waals surface area contributed by atoms with E-state index >= 15 is 0 Å². The monoisotopic (exact) mass is 249 g/mol. The molecule has 4 nitrogen and oxygen atoms in total. The van der Waals surface area contributed by atoms with Gasteiger partial charge in [-0.05, 0) is 32.1 Å². The van der Waals surface area contributed by atoms with Crippen LogP contribution < -0.4 is 4.90 Å². The van der Waals surface area contributed by atoms with Gasteiger partial charge in [0.25, 0.3) is 0 Å². The van der Waals surface area contributed by atoms with Crippen LogP contribution in [0.15, 0.2) is 23.2 Å². The second-order valence-electron chi connectivity index (χ2n) is 4.48. The van der Waals surface area contributed by atoms with E-state index < -0.39 is 0 Å². The third kappa shape index (κ3) is 2.94. The number of hydrogen-bond donors (Lipinski definition) is 0. The third-order valence-corrected chi connectivity index (χ3v) is 3.17. The minimum atomic E-state index is -0.337. The molecule has 0 aliphatic carbocycles. The fraction of sp³-hybridized carbons (Fsp3) is 0.462. The van der Waals surface area contributed by atoms with Crippen LogP contribution >= 0.6 is 0 Å². The van der Waals surface area contributed by atoms with Crippen LogP contribution in [0.3, 0.4) is 0 Å². The molecule has 1 fully saturated rings. The highest BCUT2D eigenvalue weighted by molar-refractivity contribution is 5.57. The molecular weight excluding hydrogens is 233 g/mol. The van der Waals surface area contributed by atoms with E-state index in [1.54, 1.807) is 12.1 Å². The molecule has 5 heteroatoms. The molecule has 1 heterocycles. The van der Waals surface area contributed by atoms with Crippen LogP contribution in [0.2, 0.25) is 0 Å². The molecule has 1 aromatic rings. The van der Waals surface area contributed by atoms with Crippen molar-refractivity contribution in [2.24, 2.45) is 4.99 Å². The Hall–Kier alpha value is -1.71. The van der Waals surface area contributed by atoms with E-state index in [2.05, 4.69) is 16.9 Å². The fourth-order valence-corrected chi connectivity index (χ4v) is 2.16. The lowest BCUT2D eigenvalue weighted by molar-refractivity contribution is 0.360. The number of benzene rings is 1. The minimum absolute atomic E-state index is 0.304. The average Bonchev–Trinajstić information content (AvgIpc) is 2.55. The lowest BCUT2D eigenvalue weighted by atomic mass is 10.2. The smallest absolute Gasteiger partial charge is 0.240 e. The summed E-state index contributed by atoms with van der Waals surface area (Å²) in [6.07, 6.45) is 2.43. The van der Waals surface area contributed by atoms with Gasteiger partial charge in [0.05, 0.1) is 11.4 Å². The summed E-state index contributed by atoms with van der Waals surface area (Å²) < 4.78 is 13.9. The van der Waals surface area contributed by atoms with E-state index in [4.69, 9.17) is 0 Å². The van der Waals surface area contributed by atoms with Crippen molar-refractivity contribution < 1.29 is 9.18 Å². The molecule has 0 saturated carbocycles. The van der Waals surface area contributed by atoms with Crippen LogP contribution in [-0.4, -0.2) is 44.2 Å². The molecular formula is C13H16FN3O. The average molecular weight is 249 g/mol. The molecule has 2 rings (SSSR count). The minimum Gasteiger partial charge on any atom is -0.368 e. The number of carbonyl (C=O) groups excluding carboxylic acids is 1. The van der Waals surface area contributed by atoms with Crippen molar-refractivity contribution in [1.29, 1.82) is 0 Å². The molecule has 0 amide bonds. The number of anilines is 1. The molecule has 0 atom stereocenters. The van der Waals surface area contributed by atoms with Gasteiger partial charge < -0.3 is 9.80 Å². The summed E-state index contributed by atoms with van der Waals surface area (Å²) in [6, 6.07) is 4.59. The highest BCUT2D eigenvalue weighted by Crippen LogP contribution is 2.25. The molecule has 0 unspecified atom stereocenters. The zero-order valence-electron chi connectivity index (χ0n) is 10.4. The Labute approximate surface area is 106 Å². The molecule has 1 saturated heterocycles. The van der Waals surface area contributed by atoms with Crippen LogP contribution in [0.1, 0.15) is 6.42 Å². The summed E-state index contributed by atoms with van der Waals surface area (Å²) in [5, 5.41) is 0. The molecule has 18 heavy (non-hydrogen) atoms. The summed E-state index contributed by atoms with van der Waals surface area (Å²) in [7, 11) is 2.07. The molecule has 0 spiro atoms. The largest absolute Gasteiger partial charge is 0.368 e. The van der Waals surface area contributed by atoms with Gasteiger partial charge in [0.1, 0.15) is 5.82 Å². The van der Waals surface area contributed by atoms with E-state index in [9.17, 15) is 9.18 Å². The number of halogens is 1. The Kier molecular flexibility index (Phi) is 4.07. The van der Waals surface area contributed by atoms with Crippen LogP contribution in [0, 0.1) is 5.82 Å². The summed E-state index contributed by atoms with van der Waals surface area (Å²) in [4.78, 5) is 17.8. The standard InChI is InChI=1S/C13H16FN3O/c1-16-5-2-6-17(8-7-16)13-4-3-11(15-10-18)9-12(13)14/h3-4,9H,2,5-8H2,1H3. The lowest BCUT2D eigenvalue weighted by Gasteiger charge is -2.23. The van der Waals surface area contributed by atoms with Crippen molar-refractivity contribution in [2.75, 3.05) is 38.1 Å². The van der Waals surface area contributed by atoms with E-state index in [0.29, 0.717) is 11.4 Å². The highest BCUT2D eigenvalue weighted by atomic mass is 19.1. The van der Waals surface area contributed by atoms with Gasteiger partial charge in [0, 0.05) is 25.7 Å². The first-order chi connectivity index (χ1) is 8.70. The van der Waals surface area contributed by atoms with Gasteiger partial charge >= 0.3 is 0 Å². The van der Waals surface area contributed by atoms with Gasteiger partial charge in [-0.15, -0.1) is 0 Å². The van der Waals surface area contributed by atoms with Gasteiger partial charge in [-0.1, -0.05) is 0 Å². The maximum absolute atomic E-state index is 13.9. The van der Waals surface area contributed by atoms with Gasteiger partial charge in [-0.2, -0.15) is 4.99 Å². The Bertz CT molecular complexity index is 471. The van der Waals surface area contributed by atoms with E-state index in [1.807, 2.05) is 4.90 Å². The van der Waals surface area contributed by atoms with E-state index in [0.717, 1.165) is 32.6 Å². The molecule has 1 aromatic carbocycles. The van der Waals surface area contributed by atoms with Crippen molar-refractivity contribution in [2.45, 2.75) is 6.42 Å². The van der Waals surface area contributed by atoms with Crippen LogP contribution in [0.4, 0.5) is 15.8 Å². The molecule has 0 bridgehead atoms. The summed E-state index contributed by atoms with van der Waals surface area (Å²) in [5.74, 6) is -0.337. The first kappa shape index (κ1) is 12.7. The van der Waals surface area contributed by atoms with Gasteiger partial charge in [-0.25, -0.2) is 9.18 Å². The second kappa shape index (κ2) is 5.76. The van der Waals surface area contributed by atoms with Gasteiger partial charge in [0.15, 0.2) is 0 Å². The first-order valence-electron chi connectivity index (χ1n) is 6.01. The zero-order chi connectivity index (χ0) is 13.0. The topological polar surface area (TPSA) is 35.9 Å². The van der Waals surface area contributed by atoms with Crippen molar-refractivity contribution in [3.8, 4) is 0 Å². The van der Waals surface area contributed by atoms with E-state index in [-0.39, 0.29) is 5.82 Å². The fourth-order valence-electron chi connectivity index (χ4n) is 2.16.